The van der Waals surface area contributed by atoms with E-state index < -0.39 is 0 Å². The molecule has 1 atom stereocenters. The molecule has 8 nitrogen and oxygen atoms in total. The summed E-state index contributed by atoms with van der Waals surface area (Å²) in [7, 11) is 0. The van der Waals surface area contributed by atoms with Crippen molar-refractivity contribution in [2.24, 2.45) is 0 Å². The number of pyridine rings is 1. The Hall–Kier alpha value is -3.03. The zero-order valence-corrected chi connectivity index (χ0v) is 16.2. The van der Waals surface area contributed by atoms with Crippen molar-refractivity contribution in [3.63, 3.8) is 0 Å². The molecule has 8 heteroatoms. The Morgan fingerprint density at radius 3 is 2.93 bits per heavy atom. The molecule has 0 unspecified atom stereocenters. The van der Waals surface area contributed by atoms with Gasteiger partial charge in [0.25, 0.3) is 5.89 Å². The summed E-state index contributed by atoms with van der Waals surface area (Å²) in [6.45, 7) is 5.49. The Balaban J connectivity index is 1.38. The average Bonchev–Trinajstić information content (AvgIpc) is 3.42. The molecule has 0 bridgehead atoms. The molecule has 1 aliphatic rings. The summed E-state index contributed by atoms with van der Waals surface area (Å²) < 4.78 is 7.79. The van der Waals surface area contributed by atoms with E-state index in [1.807, 2.05) is 47.7 Å². The Morgan fingerprint density at radius 2 is 2.18 bits per heavy atom. The van der Waals surface area contributed by atoms with Crippen LogP contribution in [0.15, 0.2) is 34.9 Å². The standard InChI is InChI=1S/C20H24N6O2/c1-14-13-15(2)26(24-14)12-6-9-18(27)25-11-5-8-17(25)20-23-22-19(28-20)16-7-3-4-10-21-16/h3-4,7,10,13,17H,5-6,8-9,11-12H2,1-2H3/t17-/m0/s1. The SMILES string of the molecule is Cc1cc(C)n(CCCC(=O)N2CCC[C@H]2c2nnc(-c3ccccn3)o2)n1. The second kappa shape index (κ2) is 7.92. The molecule has 1 amide bonds. The molecule has 1 fully saturated rings. The Kier molecular flexibility index (Phi) is 5.18. The highest BCUT2D eigenvalue weighted by molar-refractivity contribution is 5.76. The summed E-state index contributed by atoms with van der Waals surface area (Å²) in [6.07, 6.45) is 4.71. The van der Waals surface area contributed by atoms with Gasteiger partial charge in [0, 0.05) is 31.4 Å². The van der Waals surface area contributed by atoms with Crippen molar-refractivity contribution in [1.82, 2.24) is 29.9 Å². The topological polar surface area (TPSA) is 89.9 Å². The molecule has 1 saturated heterocycles. The first-order chi connectivity index (χ1) is 13.6. The summed E-state index contributed by atoms with van der Waals surface area (Å²) >= 11 is 0. The Morgan fingerprint density at radius 1 is 1.29 bits per heavy atom. The molecule has 4 heterocycles. The highest BCUT2D eigenvalue weighted by Gasteiger charge is 2.33. The third-order valence-corrected chi connectivity index (χ3v) is 5.05. The Labute approximate surface area is 163 Å². The maximum absolute atomic E-state index is 12.8. The molecular formula is C20H24N6O2. The van der Waals surface area contributed by atoms with Gasteiger partial charge in [-0.25, -0.2) is 0 Å². The minimum Gasteiger partial charge on any atom is -0.417 e. The monoisotopic (exact) mass is 380 g/mol. The van der Waals surface area contributed by atoms with Gasteiger partial charge in [0.1, 0.15) is 11.7 Å². The molecule has 3 aromatic heterocycles. The molecule has 1 aliphatic heterocycles. The van der Waals surface area contributed by atoms with Gasteiger partial charge in [0.15, 0.2) is 0 Å². The largest absolute Gasteiger partial charge is 0.417 e. The van der Waals surface area contributed by atoms with Gasteiger partial charge in [-0.3, -0.25) is 14.5 Å². The summed E-state index contributed by atoms with van der Waals surface area (Å²) in [5.74, 6) is 1.01. The number of hydrogen-bond donors (Lipinski definition) is 0. The van der Waals surface area contributed by atoms with Crippen LogP contribution in [0.1, 0.15) is 49.0 Å². The highest BCUT2D eigenvalue weighted by Crippen LogP contribution is 2.33. The van der Waals surface area contributed by atoms with Crippen molar-refractivity contribution >= 4 is 5.91 Å². The molecule has 4 rings (SSSR count). The molecule has 28 heavy (non-hydrogen) atoms. The van der Waals surface area contributed by atoms with Crippen LogP contribution in [-0.4, -0.2) is 42.3 Å². The van der Waals surface area contributed by atoms with Gasteiger partial charge >= 0.3 is 0 Å². The van der Waals surface area contributed by atoms with Crippen molar-refractivity contribution < 1.29 is 9.21 Å². The van der Waals surface area contributed by atoms with Gasteiger partial charge in [-0.05, 0) is 51.3 Å². The van der Waals surface area contributed by atoms with Gasteiger partial charge in [-0.15, -0.1) is 10.2 Å². The van der Waals surface area contributed by atoms with Gasteiger partial charge in [-0.2, -0.15) is 5.10 Å². The Bertz CT molecular complexity index is 949. The maximum atomic E-state index is 12.8. The lowest BCUT2D eigenvalue weighted by Gasteiger charge is -2.22. The number of nitrogens with zero attached hydrogens (tertiary/aromatic N) is 6. The first kappa shape index (κ1) is 18.3. The minimum atomic E-state index is -0.147. The predicted molar refractivity (Wildman–Crippen MR) is 102 cm³/mol. The fourth-order valence-corrected chi connectivity index (χ4v) is 3.71. The second-order valence-corrected chi connectivity index (χ2v) is 7.16. The van der Waals surface area contributed by atoms with E-state index in [1.165, 1.54) is 0 Å². The lowest BCUT2D eigenvalue weighted by Crippen LogP contribution is -2.30. The van der Waals surface area contributed by atoms with Crippen LogP contribution in [0.25, 0.3) is 11.6 Å². The first-order valence-electron chi connectivity index (χ1n) is 9.67. The molecule has 0 aromatic carbocycles. The van der Waals surface area contributed by atoms with Crippen LogP contribution in [0.3, 0.4) is 0 Å². The van der Waals surface area contributed by atoms with Crippen LogP contribution in [-0.2, 0) is 11.3 Å². The number of carbonyl (C=O) groups excluding carboxylic acids is 1. The fourth-order valence-electron chi connectivity index (χ4n) is 3.71. The van der Waals surface area contributed by atoms with E-state index >= 15 is 0 Å². The van der Waals surface area contributed by atoms with Crippen molar-refractivity contribution in [3.8, 4) is 11.6 Å². The summed E-state index contributed by atoms with van der Waals surface area (Å²) in [6, 6.07) is 7.44. The summed E-state index contributed by atoms with van der Waals surface area (Å²) in [4.78, 5) is 18.9. The first-order valence-corrected chi connectivity index (χ1v) is 9.67. The zero-order valence-electron chi connectivity index (χ0n) is 16.2. The molecule has 146 valence electrons. The summed E-state index contributed by atoms with van der Waals surface area (Å²) in [5, 5.41) is 12.7. The zero-order chi connectivity index (χ0) is 19.5. The molecule has 3 aromatic rings. The van der Waals surface area contributed by atoms with E-state index in [0.29, 0.717) is 23.9 Å². The third-order valence-electron chi connectivity index (χ3n) is 5.05. The second-order valence-electron chi connectivity index (χ2n) is 7.16. The van der Waals surface area contributed by atoms with Crippen LogP contribution in [0.2, 0.25) is 0 Å². The number of likely N-dealkylation sites (tertiary alicyclic amines) is 1. The number of aromatic nitrogens is 5. The predicted octanol–water partition coefficient (Wildman–Crippen LogP) is 3.09. The van der Waals surface area contributed by atoms with Crippen LogP contribution >= 0.6 is 0 Å². The van der Waals surface area contributed by atoms with Gasteiger partial charge in [-0.1, -0.05) is 6.07 Å². The van der Waals surface area contributed by atoms with E-state index in [0.717, 1.165) is 43.7 Å². The number of carbonyl (C=O) groups is 1. The van der Waals surface area contributed by atoms with Crippen LogP contribution in [0, 0.1) is 13.8 Å². The summed E-state index contributed by atoms with van der Waals surface area (Å²) in [5.41, 5.74) is 2.77. The number of aryl methyl sites for hydroxylation is 3. The van der Waals surface area contributed by atoms with E-state index in [1.54, 1.807) is 6.20 Å². The molecule has 0 N–H and O–H groups in total. The van der Waals surface area contributed by atoms with E-state index in [2.05, 4.69) is 20.3 Å². The molecule has 0 saturated carbocycles. The maximum Gasteiger partial charge on any atom is 0.266 e. The van der Waals surface area contributed by atoms with E-state index in [-0.39, 0.29) is 11.9 Å². The lowest BCUT2D eigenvalue weighted by molar-refractivity contribution is -0.132. The van der Waals surface area contributed by atoms with Crippen LogP contribution < -0.4 is 0 Å². The van der Waals surface area contributed by atoms with Gasteiger partial charge in [0.2, 0.25) is 11.8 Å². The fraction of sp³-hybridized carbons (Fsp3) is 0.450. The van der Waals surface area contributed by atoms with Gasteiger partial charge in [0.05, 0.1) is 5.69 Å². The van der Waals surface area contributed by atoms with Crippen molar-refractivity contribution in [1.29, 1.82) is 0 Å². The normalized spacial score (nSPS) is 16.6. The van der Waals surface area contributed by atoms with E-state index in [4.69, 9.17) is 4.42 Å². The lowest BCUT2D eigenvalue weighted by atomic mass is 10.2. The molecular weight excluding hydrogens is 356 g/mol. The number of amides is 1. The molecule has 0 aliphatic carbocycles. The van der Waals surface area contributed by atoms with Gasteiger partial charge < -0.3 is 9.32 Å². The van der Waals surface area contributed by atoms with Crippen LogP contribution in [0.5, 0.6) is 0 Å². The van der Waals surface area contributed by atoms with Crippen molar-refractivity contribution in [2.75, 3.05) is 6.54 Å². The average molecular weight is 380 g/mol. The molecule has 0 radical (unpaired) electrons. The van der Waals surface area contributed by atoms with Crippen molar-refractivity contribution in [2.45, 2.75) is 52.1 Å². The van der Waals surface area contributed by atoms with E-state index in [9.17, 15) is 4.79 Å². The number of rotatable bonds is 6. The smallest absolute Gasteiger partial charge is 0.266 e. The van der Waals surface area contributed by atoms with Crippen molar-refractivity contribution in [3.05, 3.63) is 47.7 Å². The minimum absolute atomic E-state index is 0.126. The quantitative estimate of drug-likeness (QED) is 0.653. The number of hydrogen-bond acceptors (Lipinski definition) is 6. The highest BCUT2D eigenvalue weighted by atomic mass is 16.4. The molecule has 0 spiro atoms. The third kappa shape index (κ3) is 3.81. The van der Waals surface area contributed by atoms with Crippen LogP contribution in [0.4, 0.5) is 0 Å².